The molecular formula is C12H15N3OS. The number of anilines is 1. The van der Waals surface area contributed by atoms with Crippen LogP contribution in [0.3, 0.4) is 0 Å². The Labute approximate surface area is 105 Å². The smallest absolute Gasteiger partial charge is 0.170 e. The second-order valence-electron chi connectivity index (χ2n) is 3.54. The number of imidazole rings is 1. The van der Waals surface area contributed by atoms with Crippen molar-refractivity contribution in [2.75, 3.05) is 12.3 Å². The zero-order chi connectivity index (χ0) is 12.1. The highest BCUT2D eigenvalue weighted by atomic mass is 32.2. The van der Waals surface area contributed by atoms with Gasteiger partial charge in [-0.3, -0.25) is 0 Å². The van der Waals surface area contributed by atoms with E-state index in [1.54, 1.807) is 24.2 Å². The number of hydrogen-bond acceptors (Lipinski definition) is 4. The van der Waals surface area contributed by atoms with Crippen molar-refractivity contribution < 1.29 is 4.74 Å². The molecule has 1 aromatic carbocycles. The third kappa shape index (κ3) is 3.17. The maximum absolute atomic E-state index is 5.85. The number of ether oxygens (including phenoxy) is 1. The molecule has 0 saturated carbocycles. The lowest BCUT2D eigenvalue weighted by atomic mass is 10.3. The molecule has 3 N–H and O–H groups in total. The highest BCUT2D eigenvalue weighted by Crippen LogP contribution is 2.31. The molecule has 2 aromatic rings. The Morgan fingerprint density at radius 1 is 1.47 bits per heavy atom. The first-order valence-corrected chi connectivity index (χ1v) is 6.31. The van der Waals surface area contributed by atoms with E-state index in [4.69, 9.17) is 10.5 Å². The van der Waals surface area contributed by atoms with Crippen LogP contribution < -0.4 is 10.5 Å². The maximum atomic E-state index is 5.85. The highest BCUT2D eigenvalue weighted by molar-refractivity contribution is 7.99. The average Bonchev–Trinajstić information content (AvgIpc) is 2.82. The molecule has 4 nitrogen and oxygen atoms in total. The summed E-state index contributed by atoms with van der Waals surface area (Å²) in [4.78, 5) is 8.26. The summed E-state index contributed by atoms with van der Waals surface area (Å²) in [6.07, 6.45) is 4.50. The van der Waals surface area contributed by atoms with Crippen molar-refractivity contribution in [3.05, 3.63) is 30.6 Å². The molecule has 17 heavy (non-hydrogen) atoms. The lowest BCUT2D eigenvalue weighted by Crippen LogP contribution is -1.98. The summed E-state index contributed by atoms with van der Waals surface area (Å²) >= 11 is 1.55. The molecule has 0 aliphatic rings. The number of nitrogens with zero attached hydrogens (tertiary/aromatic N) is 1. The number of benzene rings is 1. The molecule has 0 unspecified atom stereocenters. The van der Waals surface area contributed by atoms with E-state index in [0.717, 1.165) is 22.2 Å². The number of nitrogens with one attached hydrogen (secondary N) is 1. The summed E-state index contributed by atoms with van der Waals surface area (Å²) in [6, 6.07) is 5.76. The number of rotatable bonds is 5. The lowest BCUT2D eigenvalue weighted by molar-refractivity contribution is 0.318. The van der Waals surface area contributed by atoms with Gasteiger partial charge < -0.3 is 15.5 Å². The van der Waals surface area contributed by atoms with Crippen LogP contribution in [0.1, 0.15) is 13.3 Å². The van der Waals surface area contributed by atoms with Gasteiger partial charge in [0.05, 0.1) is 12.3 Å². The molecule has 0 bridgehead atoms. The van der Waals surface area contributed by atoms with E-state index in [9.17, 15) is 0 Å². The van der Waals surface area contributed by atoms with Gasteiger partial charge in [-0.25, -0.2) is 4.98 Å². The number of hydrogen-bond donors (Lipinski definition) is 2. The minimum Gasteiger partial charge on any atom is -0.491 e. The molecule has 0 amide bonds. The summed E-state index contributed by atoms with van der Waals surface area (Å²) < 4.78 is 5.58. The number of nitrogen functional groups attached to an aromatic ring is 1. The fourth-order valence-corrected chi connectivity index (χ4v) is 2.10. The second-order valence-corrected chi connectivity index (χ2v) is 4.61. The van der Waals surface area contributed by atoms with Crippen LogP contribution in [0.25, 0.3) is 0 Å². The minimum atomic E-state index is 0.669. The van der Waals surface area contributed by atoms with Crippen molar-refractivity contribution in [2.45, 2.75) is 23.4 Å². The van der Waals surface area contributed by atoms with E-state index in [0.29, 0.717) is 12.3 Å². The molecule has 0 aliphatic carbocycles. The standard InChI is InChI=1S/C12H15N3OS/c1-2-7-16-11-8-9(3-4-10(11)13)17-12-14-5-6-15-12/h3-6,8H,2,7,13H2,1H3,(H,14,15). The van der Waals surface area contributed by atoms with Crippen molar-refractivity contribution in [2.24, 2.45) is 0 Å². The Hall–Kier alpha value is -1.62. The van der Waals surface area contributed by atoms with E-state index in [-0.39, 0.29) is 0 Å². The van der Waals surface area contributed by atoms with Gasteiger partial charge in [-0.2, -0.15) is 0 Å². The fraction of sp³-hybridized carbons (Fsp3) is 0.250. The van der Waals surface area contributed by atoms with Gasteiger partial charge >= 0.3 is 0 Å². The number of nitrogens with two attached hydrogens (primary N) is 1. The molecular weight excluding hydrogens is 234 g/mol. The maximum Gasteiger partial charge on any atom is 0.170 e. The van der Waals surface area contributed by atoms with Crippen LogP contribution in [0.5, 0.6) is 5.75 Å². The summed E-state index contributed by atoms with van der Waals surface area (Å²) in [5.41, 5.74) is 6.51. The van der Waals surface area contributed by atoms with E-state index >= 15 is 0 Å². The zero-order valence-electron chi connectivity index (χ0n) is 9.64. The molecule has 2 rings (SSSR count). The SMILES string of the molecule is CCCOc1cc(Sc2ncc[nH]2)ccc1N. The molecule has 0 spiro atoms. The zero-order valence-corrected chi connectivity index (χ0v) is 10.5. The quantitative estimate of drug-likeness (QED) is 0.800. The summed E-state index contributed by atoms with van der Waals surface area (Å²) in [5, 5.41) is 0.858. The van der Waals surface area contributed by atoms with Gasteiger partial charge in [-0.1, -0.05) is 18.7 Å². The molecule has 1 heterocycles. The number of aromatic amines is 1. The molecule has 90 valence electrons. The summed E-state index contributed by atoms with van der Waals surface area (Å²) in [5.74, 6) is 0.739. The normalized spacial score (nSPS) is 10.4. The van der Waals surface area contributed by atoms with E-state index in [2.05, 4.69) is 16.9 Å². The molecule has 0 saturated heterocycles. The first-order valence-electron chi connectivity index (χ1n) is 5.49. The van der Waals surface area contributed by atoms with Gasteiger partial charge in [-0.05, 0) is 24.6 Å². The van der Waals surface area contributed by atoms with Crippen molar-refractivity contribution >= 4 is 17.4 Å². The van der Waals surface area contributed by atoms with Gasteiger partial charge in [-0.15, -0.1) is 0 Å². The molecule has 0 aliphatic heterocycles. The molecule has 0 radical (unpaired) electrons. The first kappa shape index (κ1) is 11.9. The van der Waals surface area contributed by atoms with E-state index in [1.165, 1.54) is 0 Å². The van der Waals surface area contributed by atoms with Gasteiger partial charge in [0.25, 0.3) is 0 Å². The predicted molar refractivity (Wildman–Crippen MR) is 69.4 cm³/mol. The van der Waals surface area contributed by atoms with Crippen LogP contribution in [-0.4, -0.2) is 16.6 Å². The highest BCUT2D eigenvalue weighted by Gasteiger charge is 2.04. The van der Waals surface area contributed by atoms with Crippen LogP contribution in [0.2, 0.25) is 0 Å². The number of aromatic nitrogens is 2. The molecule has 1 aromatic heterocycles. The van der Waals surface area contributed by atoms with Crippen LogP contribution in [-0.2, 0) is 0 Å². The Morgan fingerprint density at radius 3 is 3.06 bits per heavy atom. The van der Waals surface area contributed by atoms with Crippen LogP contribution in [0.15, 0.2) is 40.6 Å². The van der Waals surface area contributed by atoms with Crippen molar-refractivity contribution in [3.8, 4) is 5.75 Å². The lowest BCUT2D eigenvalue weighted by Gasteiger charge is -2.09. The summed E-state index contributed by atoms with van der Waals surface area (Å²) in [6.45, 7) is 2.75. The van der Waals surface area contributed by atoms with Crippen molar-refractivity contribution in [1.29, 1.82) is 0 Å². The van der Waals surface area contributed by atoms with Gasteiger partial charge in [0.1, 0.15) is 5.75 Å². The molecule has 5 heteroatoms. The molecule has 0 fully saturated rings. The fourth-order valence-electron chi connectivity index (χ4n) is 1.33. The largest absolute Gasteiger partial charge is 0.491 e. The molecule has 0 atom stereocenters. The van der Waals surface area contributed by atoms with Crippen LogP contribution in [0, 0.1) is 0 Å². The third-order valence-electron chi connectivity index (χ3n) is 2.13. The monoisotopic (exact) mass is 249 g/mol. The van der Waals surface area contributed by atoms with Crippen molar-refractivity contribution in [3.63, 3.8) is 0 Å². The minimum absolute atomic E-state index is 0.669. The second kappa shape index (κ2) is 5.63. The van der Waals surface area contributed by atoms with Gasteiger partial charge in [0, 0.05) is 17.3 Å². The van der Waals surface area contributed by atoms with Gasteiger partial charge in [0.15, 0.2) is 5.16 Å². The Balaban J connectivity index is 2.13. The van der Waals surface area contributed by atoms with Crippen LogP contribution in [0.4, 0.5) is 5.69 Å². The number of H-pyrrole nitrogens is 1. The Bertz CT molecular complexity index is 471. The Morgan fingerprint density at radius 2 is 2.35 bits per heavy atom. The summed E-state index contributed by atoms with van der Waals surface area (Å²) in [7, 11) is 0. The topological polar surface area (TPSA) is 63.9 Å². The Kier molecular flexibility index (Phi) is 3.93. The predicted octanol–water partition coefficient (Wildman–Crippen LogP) is 2.93. The van der Waals surface area contributed by atoms with Crippen LogP contribution >= 0.6 is 11.8 Å². The van der Waals surface area contributed by atoms with Crippen molar-refractivity contribution in [1.82, 2.24) is 9.97 Å². The third-order valence-corrected chi connectivity index (χ3v) is 3.04. The first-order chi connectivity index (χ1) is 8.29. The van der Waals surface area contributed by atoms with E-state index < -0.39 is 0 Å². The van der Waals surface area contributed by atoms with E-state index in [1.807, 2.05) is 18.2 Å². The average molecular weight is 249 g/mol. The van der Waals surface area contributed by atoms with Gasteiger partial charge in [0.2, 0.25) is 0 Å².